The minimum atomic E-state index is -0.0209. The lowest BCUT2D eigenvalue weighted by Gasteiger charge is -2.13. The standard InChI is InChI=1S/C13H14N2OS/c1-9-3-4-12(17-9)13(16)15-10(2)11-5-7-14-8-6-11/h3-8,10H,1-2H3,(H,15,16). The lowest BCUT2D eigenvalue weighted by atomic mass is 10.1. The molecule has 0 saturated carbocycles. The number of carbonyl (C=O) groups excluding carboxylic acids is 1. The van der Waals surface area contributed by atoms with Crippen LogP contribution in [0.3, 0.4) is 0 Å². The zero-order valence-electron chi connectivity index (χ0n) is 9.81. The summed E-state index contributed by atoms with van der Waals surface area (Å²) in [5.74, 6) is -0.0209. The molecule has 0 radical (unpaired) electrons. The molecule has 4 heteroatoms. The van der Waals surface area contributed by atoms with Crippen molar-refractivity contribution in [2.45, 2.75) is 19.9 Å². The monoisotopic (exact) mass is 246 g/mol. The van der Waals surface area contributed by atoms with Crippen molar-refractivity contribution < 1.29 is 4.79 Å². The third-order valence-electron chi connectivity index (χ3n) is 2.52. The van der Waals surface area contributed by atoms with Crippen molar-refractivity contribution in [1.82, 2.24) is 10.3 Å². The van der Waals surface area contributed by atoms with Crippen molar-refractivity contribution in [2.24, 2.45) is 0 Å². The number of rotatable bonds is 3. The predicted octanol–water partition coefficient (Wildman–Crippen LogP) is 2.94. The Morgan fingerprint density at radius 2 is 2.00 bits per heavy atom. The van der Waals surface area contributed by atoms with E-state index < -0.39 is 0 Å². The topological polar surface area (TPSA) is 42.0 Å². The molecule has 2 aromatic heterocycles. The molecular weight excluding hydrogens is 232 g/mol. The molecule has 0 aliphatic heterocycles. The molecule has 88 valence electrons. The Balaban J connectivity index is 2.04. The first-order chi connectivity index (χ1) is 8.16. The highest BCUT2D eigenvalue weighted by atomic mass is 32.1. The molecule has 1 N–H and O–H groups in total. The largest absolute Gasteiger partial charge is 0.345 e. The summed E-state index contributed by atoms with van der Waals surface area (Å²) in [6.45, 7) is 3.96. The van der Waals surface area contributed by atoms with Crippen LogP contribution in [-0.4, -0.2) is 10.9 Å². The molecule has 1 atom stereocenters. The summed E-state index contributed by atoms with van der Waals surface area (Å²) in [6, 6.07) is 7.62. The van der Waals surface area contributed by atoms with Crippen LogP contribution in [0.15, 0.2) is 36.7 Å². The molecule has 0 fully saturated rings. The van der Waals surface area contributed by atoms with E-state index in [0.29, 0.717) is 0 Å². The fourth-order valence-electron chi connectivity index (χ4n) is 1.56. The summed E-state index contributed by atoms with van der Waals surface area (Å²) >= 11 is 1.51. The molecule has 0 saturated heterocycles. The van der Waals surface area contributed by atoms with E-state index in [1.54, 1.807) is 12.4 Å². The number of hydrogen-bond acceptors (Lipinski definition) is 3. The predicted molar refractivity (Wildman–Crippen MR) is 69.2 cm³/mol. The summed E-state index contributed by atoms with van der Waals surface area (Å²) in [5.41, 5.74) is 1.06. The van der Waals surface area contributed by atoms with E-state index >= 15 is 0 Å². The van der Waals surface area contributed by atoms with Gasteiger partial charge in [-0.15, -0.1) is 11.3 Å². The molecule has 2 heterocycles. The van der Waals surface area contributed by atoms with Crippen LogP contribution in [0.5, 0.6) is 0 Å². The average molecular weight is 246 g/mol. The van der Waals surface area contributed by atoms with Crippen molar-refractivity contribution in [3.8, 4) is 0 Å². The number of hydrogen-bond donors (Lipinski definition) is 1. The Labute approximate surface area is 105 Å². The summed E-state index contributed by atoms with van der Waals surface area (Å²) in [5, 5.41) is 2.97. The van der Waals surface area contributed by atoms with Gasteiger partial charge in [-0.1, -0.05) is 0 Å². The summed E-state index contributed by atoms with van der Waals surface area (Å²) in [4.78, 5) is 17.8. The first-order valence-corrected chi connectivity index (χ1v) is 6.25. The van der Waals surface area contributed by atoms with Crippen LogP contribution >= 0.6 is 11.3 Å². The highest BCUT2D eigenvalue weighted by Crippen LogP contribution is 2.17. The van der Waals surface area contributed by atoms with E-state index in [-0.39, 0.29) is 11.9 Å². The highest BCUT2D eigenvalue weighted by molar-refractivity contribution is 7.13. The zero-order chi connectivity index (χ0) is 12.3. The number of aryl methyl sites for hydroxylation is 1. The average Bonchev–Trinajstić information content (AvgIpc) is 2.77. The second-order valence-electron chi connectivity index (χ2n) is 3.89. The second kappa shape index (κ2) is 5.10. The maximum absolute atomic E-state index is 11.9. The number of amides is 1. The van der Waals surface area contributed by atoms with Crippen LogP contribution in [0.1, 0.15) is 33.1 Å². The molecule has 17 heavy (non-hydrogen) atoms. The van der Waals surface area contributed by atoms with Crippen molar-refractivity contribution in [2.75, 3.05) is 0 Å². The number of pyridine rings is 1. The molecule has 0 bridgehead atoms. The molecule has 0 aliphatic rings. The molecule has 2 aromatic rings. The van der Waals surface area contributed by atoms with Gasteiger partial charge in [-0.25, -0.2) is 0 Å². The van der Waals surface area contributed by atoms with Crippen LogP contribution in [0, 0.1) is 6.92 Å². The molecule has 0 spiro atoms. The molecule has 3 nitrogen and oxygen atoms in total. The quantitative estimate of drug-likeness (QED) is 0.904. The fraction of sp³-hybridized carbons (Fsp3) is 0.231. The van der Waals surface area contributed by atoms with Gasteiger partial charge in [0.1, 0.15) is 0 Å². The SMILES string of the molecule is Cc1ccc(C(=O)NC(C)c2ccncc2)s1. The van der Waals surface area contributed by atoms with Crippen LogP contribution < -0.4 is 5.32 Å². The van der Waals surface area contributed by atoms with E-state index in [4.69, 9.17) is 0 Å². The zero-order valence-corrected chi connectivity index (χ0v) is 10.6. The highest BCUT2D eigenvalue weighted by Gasteiger charge is 2.12. The maximum Gasteiger partial charge on any atom is 0.261 e. The van der Waals surface area contributed by atoms with Gasteiger partial charge in [0.15, 0.2) is 0 Å². The van der Waals surface area contributed by atoms with Gasteiger partial charge in [0.2, 0.25) is 0 Å². The molecular formula is C13H14N2OS. The van der Waals surface area contributed by atoms with E-state index in [2.05, 4.69) is 10.3 Å². The lowest BCUT2D eigenvalue weighted by molar-refractivity contribution is 0.0944. The maximum atomic E-state index is 11.9. The number of carbonyl (C=O) groups is 1. The first-order valence-electron chi connectivity index (χ1n) is 5.44. The summed E-state index contributed by atoms with van der Waals surface area (Å²) in [6.07, 6.45) is 3.46. The summed E-state index contributed by atoms with van der Waals surface area (Å²) < 4.78 is 0. The molecule has 0 aromatic carbocycles. The number of aromatic nitrogens is 1. The van der Waals surface area contributed by atoms with Crippen molar-refractivity contribution in [3.05, 3.63) is 52.0 Å². The Hall–Kier alpha value is -1.68. The van der Waals surface area contributed by atoms with Gasteiger partial charge in [-0.05, 0) is 43.7 Å². The van der Waals surface area contributed by atoms with E-state index in [1.807, 2.05) is 38.1 Å². The number of nitrogens with zero attached hydrogens (tertiary/aromatic N) is 1. The van der Waals surface area contributed by atoms with Gasteiger partial charge in [0.05, 0.1) is 10.9 Å². The van der Waals surface area contributed by atoms with Crippen LogP contribution in [0.2, 0.25) is 0 Å². The van der Waals surface area contributed by atoms with Gasteiger partial charge in [0.25, 0.3) is 5.91 Å². The van der Waals surface area contributed by atoms with Crippen LogP contribution in [0.4, 0.5) is 0 Å². The van der Waals surface area contributed by atoms with Crippen LogP contribution in [0.25, 0.3) is 0 Å². The van der Waals surface area contributed by atoms with E-state index in [1.165, 1.54) is 11.3 Å². The summed E-state index contributed by atoms with van der Waals surface area (Å²) in [7, 11) is 0. The van der Waals surface area contributed by atoms with Crippen molar-refractivity contribution in [3.63, 3.8) is 0 Å². The molecule has 1 unspecified atom stereocenters. The third kappa shape index (κ3) is 2.91. The Kier molecular flexibility index (Phi) is 3.54. The molecule has 0 aliphatic carbocycles. The van der Waals surface area contributed by atoms with E-state index in [9.17, 15) is 4.79 Å². The van der Waals surface area contributed by atoms with Gasteiger partial charge in [-0.3, -0.25) is 9.78 Å². The van der Waals surface area contributed by atoms with Crippen LogP contribution in [-0.2, 0) is 0 Å². The number of nitrogens with one attached hydrogen (secondary N) is 1. The van der Waals surface area contributed by atoms with E-state index in [0.717, 1.165) is 15.3 Å². The normalized spacial score (nSPS) is 12.1. The second-order valence-corrected chi connectivity index (χ2v) is 5.17. The van der Waals surface area contributed by atoms with Gasteiger partial charge >= 0.3 is 0 Å². The van der Waals surface area contributed by atoms with Gasteiger partial charge in [0, 0.05) is 17.3 Å². The lowest BCUT2D eigenvalue weighted by Crippen LogP contribution is -2.25. The minimum absolute atomic E-state index is 0.00657. The van der Waals surface area contributed by atoms with Gasteiger partial charge in [-0.2, -0.15) is 0 Å². The molecule has 1 amide bonds. The first kappa shape index (κ1) is 11.8. The number of thiophene rings is 1. The van der Waals surface area contributed by atoms with Crippen molar-refractivity contribution in [1.29, 1.82) is 0 Å². The Morgan fingerprint density at radius 3 is 2.59 bits per heavy atom. The van der Waals surface area contributed by atoms with Gasteiger partial charge < -0.3 is 5.32 Å². The minimum Gasteiger partial charge on any atom is -0.345 e. The third-order valence-corrected chi connectivity index (χ3v) is 3.52. The fourth-order valence-corrected chi connectivity index (χ4v) is 2.33. The van der Waals surface area contributed by atoms with Crippen molar-refractivity contribution >= 4 is 17.2 Å². The Morgan fingerprint density at radius 1 is 1.29 bits per heavy atom. The molecule has 2 rings (SSSR count). The smallest absolute Gasteiger partial charge is 0.261 e. The Bertz CT molecular complexity index is 507.